The van der Waals surface area contributed by atoms with Gasteiger partial charge in [0.15, 0.2) is 11.5 Å². The van der Waals surface area contributed by atoms with Crippen LogP contribution >= 0.6 is 0 Å². The summed E-state index contributed by atoms with van der Waals surface area (Å²) in [5, 5.41) is 6.12. The first-order chi connectivity index (χ1) is 14.2. The number of hydrogen-bond acceptors (Lipinski definition) is 5. The van der Waals surface area contributed by atoms with Gasteiger partial charge in [-0.25, -0.2) is 4.99 Å². The first-order valence-electron chi connectivity index (χ1n) is 9.94. The number of nitrogens with zero attached hydrogens (tertiary/aromatic N) is 1. The summed E-state index contributed by atoms with van der Waals surface area (Å²) in [5.74, 6) is 1.34. The predicted molar refractivity (Wildman–Crippen MR) is 111 cm³/mol. The molecule has 2 aromatic rings. The Labute approximate surface area is 170 Å². The van der Waals surface area contributed by atoms with Crippen molar-refractivity contribution in [2.75, 3.05) is 25.3 Å². The maximum atomic E-state index is 12.8. The van der Waals surface area contributed by atoms with E-state index in [-0.39, 0.29) is 18.8 Å². The highest BCUT2D eigenvalue weighted by molar-refractivity contribution is 6.10. The maximum absolute atomic E-state index is 12.8. The molecule has 1 amide bonds. The van der Waals surface area contributed by atoms with E-state index in [1.807, 2.05) is 18.2 Å². The standard InChI is InChI=1S/C22H25N3O4/c1-2-15-5-3-6-17(11-15)24-22(23-13-18-7-4-10-27-18)25-21(26)16-8-9-19-20(12-16)29-14-28-19/h3,5-6,8-9,11-12,18H,2,4,7,10,13-14H2,1H3,(H2,23,24,25,26). The van der Waals surface area contributed by atoms with E-state index < -0.39 is 0 Å². The van der Waals surface area contributed by atoms with Gasteiger partial charge in [0.25, 0.3) is 5.91 Å². The molecule has 2 aliphatic rings. The zero-order valence-electron chi connectivity index (χ0n) is 16.4. The van der Waals surface area contributed by atoms with E-state index in [1.165, 1.54) is 5.56 Å². The van der Waals surface area contributed by atoms with Crippen molar-refractivity contribution in [2.24, 2.45) is 4.99 Å². The van der Waals surface area contributed by atoms with E-state index in [9.17, 15) is 4.79 Å². The van der Waals surface area contributed by atoms with Crippen LogP contribution in [0.3, 0.4) is 0 Å². The summed E-state index contributed by atoms with van der Waals surface area (Å²) in [6.07, 6.45) is 3.06. The normalized spacial score (nSPS) is 18.0. The molecule has 0 radical (unpaired) electrons. The molecule has 1 atom stereocenters. The lowest BCUT2D eigenvalue weighted by molar-refractivity contribution is 0.0975. The Bertz CT molecular complexity index is 907. The topological polar surface area (TPSA) is 81.2 Å². The highest BCUT2D eigenvalue weighted by Crippen LogP contribution is 2.32. The molecule has 0 aliphatic carbocycles. The van der Waals surface area contributed by atoms with E-state index in [0.717, 1.165) is 31.6 Å². The second-order valence-electron chi connectivity index (χ2n) is 7.03. The quantitative estimate of drug-likeness (QED) is 0.599. The molecule has 1 unspecified atom stereocenters. The molecule has 7 nitrogen and oxygen atoms in total. The zero-order valence-corrected chi connectivity index (χ0v) is 16.4. The van der Waals surface area contributed by atoms with Crippen molar-refractivity contribution in [2.45, 2.75) is 32.3 Å². The highest BCUT2D eigenvalue weighted by atomic mass is 16.7. The Kier molecular flexibility index (Phi) is 5.95. The van der Waals surface area contributed by atoms with Crippen molar-refractivity contribution in [3.63, 3.8) is 0 Å². The van der Waals surface area contributed by atoms with E-state index in [4.69, 9.17) is 14.2 Å². The number of hydrogen-bond donors (Lipinski definition) is 2. The zero-order chi connectivity index (χ0) is 20.1. The third kappa shape index (κ3) is 4.86. The molecule has 29 heavy (non-hydrogen) atoms. The van der Waals surface area contributed by atoms with Crippen LogP contribution in [0.1, 0.15) is 35.7 Å². The lowest BCUT2D eigenvalue weighted by atomic mass is 10.1. The molecule has 2 heterocycles. The first-order valence-corrected chi connectivity index (χ1v) is 9.94. The van der Waals surface area contributed by atoms with Gasteiger partial charge in [-0.05, 0) is 55.2 Å². The van der Waals surface area contributed by atoms with E-state index in [1.54, 1.807) is 18.2 Å². The third-order valence-corrected chi connectivity index (χ3v) is 4.94. The fourth-order valence-corrected chi connectivity index (χ4v) is 3.31. The summed E-state index contributed by atoms with van der Waals surface area (Å²) in [5.41, 5.74) is 2.56. The molecule has 4 rings (SSSR count). The molecule has 152 valence electrons. The molecule has 2 aromatic carbocycles. The van der Waals surface area contributed by atoms with Gasteiger partial charge in [0.05, 0.1) is 12.6 Å². The number of fused-ring (bicyclic) bond motifs is 1. The summed E-state index contributed by atoms with van der Waals surface area (Å²) in [6, 6.07) is 13.2. The monoisotopic (exact) mass is 395 g/mol. The smallest absolute Gasteiger partial charge is 0.258 e. The summed E-state index contributed by atoms with van der Waals surface area (Å²) in [4.78, 5) is 17.4. The number of guanidine groups is 1. The minimum Gasteiger partial charge on any atom is -0.454 e. The Morgan fingerprint density at radius 2 is 2.07 bits per heavy atom. The van der Waals surface area contributed by atoms with Gasteiger partial charge >= 0.3 is 0 Å². The van der Waals surface area contributed by atoms with E-state index in [2.05, 4.69) is 28.6 Å². The first kappa shape index (κ1) is 19.3. The fourth-order valence-electron chi connectivity index (χ4n) is 3.31. The van der Waals surface area contributed by atoms with Crippen molar-refractivity contribution >= 4 is 17.6 Å². The second-order valence-corrected chi connectivity index (χ2v) is 7.03. The molecule has 0 bridgehead atoms. The largest absolute Gasteiger partial charge is 0.454 e. The summed E-state index contributed by atoms with van der Waals surface area (Å²) < 4.78 is 16.3. The van der Waals surface area contributed by atoms with Gasteiger partial charge in [-0.15, -0.1) is 0 Å². The second kappa shape index (κ2) is 8.96. The third-order valence-electron chi connectivity index (χ3n) is 4.94. The van der Waals surface area contributed by atoms with Crippen LogP contribution in [-0.2, 0) is 11.2 Å². The molecule has 7 heteroatoms. The summed E-state index contributed by atoms with van der Waals surface area (Å²) in [6.45, 7) is 3.54. The molecule has 0 aromatic heterocycles. The van der Waals surface area contributed by atoms with Gasteiger partial charge in [-0.3, -0.25) is 10.1 Å². The molecule has 1 saturated heterocycles. The number of rotatable bonds is 5. The number of carbonyl (C=O) groups excluding carboxylic acids is 1. The number of benzene rings is 2. The van der Waals surface area contributed by atoms with Crippen LogP contribution in [0.15, 0.2) is 47.5 Å². The highest BCUT2D eigenvalue weighted by Gasteiger charge is 2.18. The Hall–Kier alpha value is -3.06. The van der Waals surface area contributed by atoms with Crippen LogP contribution in [-0.4, -0.2) is 37.9 Å². The number of nitrogens with one attached hydrogen (secondary N) is 2. The molecule has 0 saturated carbocycles. The van der Waals surface area contributed by atoms with Crippen molar-refractivity contribution < 1.29 is 19.0 Å². The van der Waals surface area contributed by atoms with Gasteiger partial charge in [-0.2, -0.15) is 0 Å². The van der Waals surface area contributed by atoms with Gasteiger partial charge in [0.1, 0.15) is 0 Å². The molecular weight excluding hydrogens is 370 g/mol. The van der Waals surface area contributed by atoms with Gasteiger partial charge in [-0.1, -0.05) is 19.1 Å². The number of aryl methyl sites for hydroxylation is 1. The molecule has 0 spiro atoms. The number of anilines is 1. The number of aliphatic imine (C=N–C) groups is 1. The van der Waals surface area contributed by atoms with Crippen molar-refractivity contribution in [3.8, 4) is 11.5 Å². The summed E-state index contributed by atoms with van der Waals surface area (Å²) in [7, 11) is 0. The molecule has 2 aliphatic heterocycles. The van der Waals surface area contributed by atoms with Crippen LogP contribution in [0, 0.1) is 0 Å². The van der Waals surface area contributed by atoms with Crippen LogP contribution in [0.4, 0.5) is 5.69 Å². The maximum Gasteiger partial charge on any atom is 0.258 e. The van der Waals surface area contributed by atoms with Gasteiger partial charge in [0.2, 0.25) is 12.8 Å². The average Bonchev–Trinajstić information content (AvgIpc) is 3.43. The number of amides is 1. The molecule has 2 N–H and O–H groups in total. The van der Waals surface area contributed by atoms with Crippen LogP contribution in [0.2, 0.25) is 0 Å². The SMILES string of the molecule is CCc1cccc(NC(=NCC2CCCO2)NC(=O)c2ccc3c(c2)OCO3)c1. The Balaban J connectivity index is 1.50. The minimum absolute atomic E-state index is 0.0937. The van der Waals surface area contributed by atoms with Gasteiger partial charge in [0, 0.05) is 17.9 Å². The summed E-state index contributed by atoms with van der Waals surface area (Å²) >= 11 is 0. The van der Waals surface area contributed by atoms with Crippen LogP contribution < -0.4 is 20.1 Å². The lowest BCUT2D eigenvalue weighted by Crippen LogP contribution is -2.36. The Morgan fingerprint density at radius 1 is 1.17 bits per heavy atom. The molecular formula is C22H25N3O4. The van der Waals surface area contributed by atoms with Crippen LogP contribution in [0.25, 0.3) is 0 Å². The predicted octanol–water partition coefficient (Wildman–Crippen LogP) is 3.35. The van der Waals surface area contributed by atoms with Gasteiger partial charge < -0.3 is 19.5 Å². The number of carbonyl (C=O) groups is 1. The fraction of sp³-hybridized carbons (Fsp3) is 0.364. The van der Waals surface area contributed by atoms with E-state index in [0.29, 0.717) is 29.6 Å². The number of ether oxygens (including phenoxy) is 3. The van der Waals surface area contributed by atoms with Crippen molar-refractivity contribution in [3.05, 3.63) is 53.6 Å². The Morgan fingerprint density at radius 3 is 2.90 bits per heavy atom. The van der Waals surface area contributed by atoms with Crippen LogP contribution in [0.5, 0.6) is 11.5 Å². The van der Waals surface area contributed by atoms with Crippen molar-refractivity contribution in [1.82, 2.24) is 5.32 Å². The van der Waals surface area contributed by atoms with E-state index >= 15 is 0 Å². The minimum atomic E-state index is -0.270. The lowest BCUT2D eigenvalue weighted by Gasteiger charge is -2.14. The van der Waals surface area contributed by atoms with Crippen molar-refractivity contribution in [1.29, 1.82) is 0 Å². The molecule has 1 fully saturated rings. The average molecular weight is 395 g/mol.